The molecule has 1 heterocycles. The van der Waals surface area contributed by atoms with E-state index in [0.29, 0.717) is 19.4 Å². The minimum absolute atomic E-state index is 0.00839. The fraction of sp³-hybridized carbons (Fsp3) is 0.824. The molecule has 7 nitrogen and oxygen atoms in total. The second-order valence-electron chi connectivity index (χ2n) is 6.21. The van der Waals surface area contributed by atoms with Crippen LogP contribution in [0.15, 0.2) is 0 Å². The van der Waals surface area contributed by atoms with Crippen LogP contribution in [0.5, 0.6) is 0 Å². The minimum Gasteiger partial charge on any atom is -0.460 e. The number of nitrogens with zero attached hydrogens (tertiary/aromatic N) is 1. The van der Waals surface area contributed by atoms with Crippen LogP contribution in [0.1, 0.15) is 58.3 Å². The Morgan fingerprint density at radius 2 is 1.92 bits per heavy atom. The predicted octanol–water partition coefficient (Wildman–Crippen LogP) is 0.988. The molecule has 24 heavy (non-hydrogen) atoms. The van der Waals surface area contributed by atoms with Crippen molar-refractivity contribution in [1.29, 1.82) is 0 Å². The first-order valence-electron chi connectivity index (χ1n) is 8.82. The first-order chi connectivity index (χ1) is 11.5. The highest BCUT2D eigenvalue weighted by molar-refractivity contribution is 5.81. The Bertz CT molecular complexity index is 427. The van der Waals surface area contributed by atoms with Crippen molar-refractivity contribution < 1.29 is 24.2 Å². The van der Waals surface area contributed by atoms with E-state index in [1.807, 2.05) is 0 Å². The second kappa shape index (κ2) is 11.0. The molecule has 1 aliphatic heterocycles. The highest BCUT2D eigenvalue weighted by Crippen LogP contribution is 2.22. The van der Waals surface area contributed by atoms with Gasteiger partial charge in [0.05, 0.1) is 25.6 Å². The van der Waals surface area contributed by atoms with Gasteiger partial charge in [-0.2, -0.15) is 0 Å². The van der Waals surface area contributed by atoms with Gasteiger partial charge in [0, 0.05) is 26.3 Å². The second-order valence-corrected chi connectivity index (χ2v) is 6.21. The number of carbonyl (C=O) groups excluding carboxylic acids is 3. The van der Waals surface area contributed by atoms with Gasteiger partial charge < -0.3 is 20.1 Å². The van der Waals surface area contributed by atoms with Crippen LogP contribution in [0.25, 0.3) is 0 Å². The van der Waals surface area contributed by atoms with Crippen molar-refractivity contribution in [3.63, 3.8) is 0 Å². The Morgan fingerprint density at radius 3 is 2.54 bits per heavy atom. The van der Waals surface area contributed by atoms with Crippen molar-refractivity contribution >= 4 is 17.8 Å². The zero-order valence-corrected chi connectivity index (χ0v) is 14.8. The number of rotatable bonds is 10. The highest BCUT2D eigenvalue weighted by Gasteiger charge is 2.36. The van der Waals surface area contributed by atoms with Crippen LogP contribution in [-0.4, -0.2) is 60.1 Å². The average Bonchev–Trinajstić information content (AvgIpc) is 2.99. The summed E-state index contributed by atoms with van der Waals surface area (Å²) in [5.41, 5.74) is 0. The van der Waals surface area contributed by atoms with E-state index in [-0.39, 0.29) is 37.3 Å². The standard InChI is InChI=1S/C17H30N2O5/c1-3-4-5-6-7-16(22)19-11-14(10-13(19)12-20)24-17(23)9-8-15(21)18-2/h13-14,20H,3-12H2,1-2H3,(H,18,21)/t13-,14+/m0/s1. The van der Waals surface area contributed by atoms with Crippen LogP contribution >= 0.6 is 0 Å². The molecule has 0 saturated carbocycles. The molecule has 138 valence electrons. The van der Waals surface area contributed by atoms with E-state index < -0.39 is 12.1 Å². The first kappa shape index (κ1) is 20.4. The smallest absolute Gasteiger partial charge is 0.306 e. The van der Waals surface area contributed by atoms with Crippen molar-refractivity contribution in [1.82, 2.24) is 10.2 Å². The molecule has 0 radical (unpaired) electrons. The SMILES string of the molecule is CCCCCCC(=O)N1C[C@H](OC(=O)CCC(=O)NC)C[C@H]1CO. The predicted molar refractivity (Wildman–Crippen MR) is 89.1 cm³/mol. The van der Waals surface area contributed by atoms with Gasteiger partial charge in [0.2, 0.25) is 11.8 Å². The molecule has 0 aromatic heterocycles. The number of amides is 2. The molecule has 0 bridgehead atoms. The molecule has 1 aliphatic rings. The molecular weight excluding hydrogens is 312 g/mol. The van der Waals surface area contributed by atoms with Gasteiger partial charge in [0.1, 0.15) is 6.10 Å². The molecule has 2 atom stereocenters. The molecular formula is C17H30N2O5. The molecule has 0 aromatic rings. The third-order valence-electron chi connectivity index (χ3n) is 4.28. The van der Waals surface area contributed by atoms with E-state index in [4.69, 9.17) is 4.74 Å². The third kappa shape index (κ3) is 6.86. The first-order valence-corrected chi connectivity index (χ1v) is 8.82. The van der Waals surface area contributed by atoms with E-state index in [0.717, 1.165) is 25.7 Å². The Kier molecular flexibility index (Phi) is 9.37. The maximum atomic E-state index is 12.3. The van der Waals surface area contributed by atoms with E-state index in [9.17, 15) is 19.5 Å². The lowest BCUT2D eigenvalue weighted by Gasteiger charge is -2.22. The summed E-state index contributed by atoms with van der Waals surface area (Å²) in [5, 5.41) is 11.9. The average molecular weight is 342 g/mol. The van der Waals surface area contributed by atoms with Crippen LogP contribution in [0.3, 0.4) is 0 Å². The lowest BCUT2D eigenvalue weighted by molar-refractivity contribution is -0.150. The molecule has 0 aromatic carbocycles. The lowest BCUT2D eigenvalue weighted by Crippen LogP contribution is -2.38. The Hall–Kier alpha value is -1.63. The van der Waals surface area contributed by atoms with E-state index in [2.05, 4.69) is 12.2 Å². The number of likely N-dealkylation sites (tertiary alicyclic amines) is 1. The van der Waals surface area contributed by atoms with Crippen molar-refractivity contribution in [2.24, 2.45) is 0 Å². The van der Waals surface area contributed by atoms with Crippen LogP contribution in [-0.2, 0) is 19.1 Å². The van der Waals surface area contributed by atoms with Gasteiger partial charge in [-0.3, -0.25) is 14.4 Å². The van der Waals surface area contributed by atoms with Gasteiger partial charge >= 0.3 is 5.97 Å². The summed E-state index contributed by atoms with van der Waals surface area (Å²) in [6.45, 7) is 2.31. The zero-order chi connectivity index (χ0) is 17.9. The fourth-order valence-corrected chi connectivity index (χ4v) is 2.87. The Morgan fingerprint density at radius 1 is 1.17 bits per heavy atom. The van der Waals surface area contributed by atoms with Crippen LogP contribution in [0, 0.1) is 0 Å². The van der Waals surface area contributed by atoms with E-state index in [1.165, 1.54) is 7.05 Å². The Labute approximate surface area is 143 Å². The van der Waals surface area contributed by atoms with Gasteiger partial charge in [-0.1, -0.05) is 26.2 Å². The third-order valence-corrected chi connectivity index (χ3v) is 4.28. The van der Waals surface area contributed by atoms with Gasteiger partial charge in [-0.15, -0.1) is 0 Å². The molecule has 0 aliphatic carbocycles. The molecule has 0 spiro atoms. The van der Waals surface area contributed by atoms with E-state index in [1.54, 1.807) is 4.90 Å². The molecule has 2 amide bonds. The van der Waals surface area contributed by atoms with Crippen LogP contribution in [0.4, 0.5) is 0 Å². The monoisotopic (exact) mass is 342 g/mol. The number of esters is 1. The maximum Gasteiger partial charge on any atom is 0.306 e. The summed E-state index contributed by atoms with van der Waals surface area (Å²) in [4.78, 5) is 36.8. The number of nitrogens with one attached hydrogen (secondary N) is 1. The van der Waals surface area contributed by atoms with Gasteiger partial charge in [-0.05, 0) is 6.42 Å². The number of ether oxygens (including phenoxy) is 1. The normalized spacial score (nSPS) is 20.0. The van der Waals surface area contributed by atoms with Crippen LogP contribution < -0.4 is 5.32 Å². The highest BCUT2D eigenvalue weighted by atomic mass is 16.5. The largest absolute Gasteiger partial charge is 0.460 e. The van der Waals surface area contributed by atoms with Crippen LogP contribution in [0.2, 0.25) is 0 Å². The zero-order valence-electron chi connectivity index (χ0n) is 14.8. The van der Waals surface area contributed by atoms with Crippen molar-refractivity contribution in [3.05, 3.63) is 0 Å². The van der Waals surface area contributed by atoms with Gasteiger partial charge in [0.15, 0.2) is 0 Å². The topological polar surface area (TPSA) is 95.9 Å². The van der Waals surface area contributed by atoms with Crippen molar-refractivity contribution in [2.75, 3.05) is 20.2 Å². The lowest BCUT2D eigenvalue weighted by atomic mass is 10.1. The van der Waals surface area contributed by atoms with E-state index >= 15 is 0 Å². The quantitative estimate of drug-likeness (QED) is 0.456. The summed E-state index contributed by atoms with van der Waals surface area (Å²) in [6, 6.07) is -0.291. The maximum absolute atomic E-state index is 12.3. The Balaban J connectivity index is 2.40. The van der Waals surface area contributed by atoms with Gasteiger partial charge in [0.25, 0.3) is 0 Å². The fourth-order valence-electron chi connectivity index (χ4n) is 2.87. The molecule has 1 rings (SSSR count). The molecule has 1 fully saturated rings. The molecule has 1 saturated heterocycles. The summed E-state index contributed by atoms with van der Waals surface area (Å²) in [7, 11) is 1.51. The molecule has 0 unspecified atom stereocenters. The van der Waals surface area contributed by atoms with Gasteiger partial charge in [-0.25, -0.2) is 0 Å². The minimum atomic E-state index is -0.447. The number of hydrogen-bond donors (Lipinski definition) is 2. The summed E-state index contributed by atoms with van der Waals surface area (Å²) in [5.74, 6) is -0.651. The number of aliphatic hydroxyl groups excluding tert-OH is 1. The van der Waals surface area contributed by atoms with Crippen molar-refractivity contribution in [2.45, 2.75) is 70.4 Å². The number of carbonyl (C=O) groups is 3. The number of hydrogen-bond acceptors (Lipinski definition) is 5. The number of unbranched alkanes of at least 4 members (excludes halogenated alkanes) is 3. The summed E-state index contributed by atoms with van der Waals surface area (Å²) < 4.78 is 5.34. The van der Waals surface area contributed by atoms with Crippen molar-refractivity contribution in [3.8, 4) is 0 Å². The molecule has 2 N–H and O–H groups in total. The molecule has 7 heteroatoms. The number of aliphatic hydroxyl groups is 1. The summed E-state index contributed by atoms with van der Waals surface area (Å²) >= 11 is 0. The summed E-state index contributed by atoms with van der Waals surface area (Å²) in [6.07, 6.45) is 4.72.